The molecule has 0 radical (unpaired) electrons. The van der Waals surface area contributed by atoms with Crippen molar-refractivity contribution in [2.24, 2.45) is 0 Å². The molecule has 3 nitrogen and oxygen atoms in total. The molecule has 2 rings (SSSR count). The Morgan fingerprint density at radius 3 is 2.62 bits per heavy atom. The Bertz CT molecular complexity index is 525. The minimum absolute atomic E-state index is 0.0187. The minimum atomic E-state index is 0.0187. The molecular formula is C12H11NO2S. The molecule has 0 saturated heterocycles. The lowest BCUT2D eigenvalue weighted by molar-refractivity contribution is 0.102. The van der Waals surface area contributed by atoms with Gasteiger partial charge in [-0.15, -0.1) is 11.3 Å². The predicted molar refractivity (Wildman–Crippen MR) is 65.8 cm³/mol. The zero-order valence-corrected chi connectivity index (χ0v) is 9.54. The number of nitrogen functional groups attached to an aromatic ring is 1. The van der Waals surface area contributed by atoms with Gasteiger partial charge in [0.15, 0.2) is 5.78 Å². The van der Waals surface area contributed by atoms with E-state index in [1.807, 2.05) is 0 Å². The van der Waals surface area contributed by atoms with Gasteiger partial charge in [0.2, 0.25) is 0 Å². The zero-order chi connectivity index (χ0) is 11.7. The number of nitrogens with two attached hydrogens (primary N) is 1. The van der Waals surface area contributed by atoms with Gasteiger partial charge in [0.05, 0.1) is 10.4 Å². The first-order valence-corrected chi connectivity index (χ1v) is 5.60. The summed E-state index contributed by atoms with van der Waals surface area (Å²) in [5.41, 5.74) is 6.91. The zero-order valence-electron chi connectivity index (χ0n) is 8.73. The molecule has 0 aliphatic heterocycles. The maximum Gasteiger partial charge on any atom is 0.169 e. The molecule has 0 saturated carbocycles. The van der Waals surface area contributed by atoms with Gasteiger partial charge >= 0.3 is 0 Å². The van der Waals surface area contributed by atoms with Gasteiger partial charge in [0.1, 0.15) is 5.75 Å². The van der Waals surface area contributed by atoms with E-state index in [0.717, 1.165) is 4.88 Å². The molecule has 0 bridgehead atoms. The molecule has 1 aromatic carbocycles. The first kappa shape index (κ1) is 10.7. The predicted octanol–water partition coefficient (Wildman–Crippen LogP) is 2.91. The summed E-state index contributed by atoms with van der Waals surface area (Å²) < 4.78 is 0. The number of carbonyl (C=O) groups is 1. The van der Waals surface area contributed by atoms with Crippen LogP contribution in [0.2, 0.25) is 0 Å². The van der Waals surface area contributed by atoms with Crippen molar-refractivity contribution < 1.29 is 9.90 Å². The van der Waals surface area contributed by atoms with Crippen molar-refractivity contribution in [3.05, 3.63) is 35.2 Å². The molecule has 16 heavy (non-hydrogen) atoms. The Morgan fingerprint density at radius 2 is 2.06 bits per heavy atom. The summed E-state index contributed by atoms with van der Waals surface area (Å²) in [6.45, 7) is 1.52. The fourth-order valence-corrected chi connectivity index (χ4v) is 2.46. The van der Waals surface area contributed by atoms with Crippen molar-refractivity contribution >= 4 is 22.8 Å². The van der Waals surface area contributed by atoms with E-state index in [1.165, 1.54) is 18.3 Å². The molecule has 0 aliphatic carbocycles. The van der Waals surface area contributed by atoms with Crippen LogP contribution in [0, 0.1) is 0 Å². The van der Waals surface area contributed by atoms with Gasteiger partial charge in [-0.25, -0.2) is 0 Å². The van der Waals surface area contributed by atoms with Crippen LogP contribution < -0.4 is 5.73 Å². The summed E-state index contributed by atoms with van der Waals surface area (Å²) in [4.78, 5) is 12.6. The molecule has 2 aromatic rings. The number of Topliss-reactive ketones (excluding diaryl/α,β-unsaturated/α-hetero) is 1. The number of phenolic OH excluding ortho intramolecular Hbond substituents is 1. The normalized spacial score (nSPS) is 10.3. The lowest BCUT2D eigenvalue weighted by atomic mass is 10.1. The number of phenols is 1. The first-order valence-electron chi connectivity index (χ1n) is 4.78. The molecule has 0 atom stereocenters. The van der Waals surface area contributed by atoms with E-state index in [9.17, 15) is 9.90 Å². The monoisotopic (exact) mass is 233 g/mol. The van der Waals surface area contributed by atoms with Crippen LogP contribution in [0.3, 0.4) is 0 Å². The highest BCUT2D eigenvalue weighted by Gasteiger charge is 2.12. The highest BCUT2D eigenvalue weighted by molar-refractivity contribution is 7.17. The smallest absolute Gasteiger partial charge is 0.169 e. The topological polar surface area (TPSA) is 63.3 Å². The van der Waals surface area contributed by atoms with Crippen LogP contribution in [-0.2, 0) is 0 Å². The fourth-order valence-electron chi connectivity index (χ4n) is 1.49. The molecule has 82 valence electrons. The van der Waals surface area contributed by atoms with Crippen LogP contribution in [0.4, 0.5) is 5.69 Å². The van der Waals surface area contributed by atoms with E-state index in [1.54, 1.807) is 30.3 Å². The van der Waals surface area contributed by atoms with E-state index >= 15 is 0 Å². The Labute approximate surface area is 97.2 Å². The number of hydrogen-bond acceptors (Lipinski definition) is 4. The van der Waals surface area contributed by atoms with Gasteiger partial charge < -0.3 is 10.8 Å². The number of carbonyl (C=O) groups excluding carboxylic acids is 1. The maximum absolute atomic E-state index is 11.2. The quantitative estimate of drug-likeness (QED) is 0.619. The molecule has 3 N–H and O–H groups in total. The lowest BCUT2D eigenvalue weighted by Gasteiger charge is -2.04. The van der Waals surface area contributed by atoms with Crippen LogP contribution in [-0.4, -0.2) is 10.9 Å². The van der Waals surface area contributed by atoms with Crippen molar-refractivity contribution in [3.63, 3.8) is 0 Å². The van der Waals surface area contributed by atoms with E-state index in [4.69, 9.17) is 5.73 Å². The molecule has 1 heterocycles. The van der Waals surface area contributed by atoms with Crippen molar-refractivity contribution in [2.45, 2.75) is 6.92 Å². The highest BCUT2D eigenvalue weighted by Crippen LogP contribution is 2.38. The first-order chi connectivity index (χ1) is 7.59. The molecular weight excluding hydrogens is 222 g/mol. The number of benzene rings is 1. The van der Waals surface area contributed by atoms with Gasteiger partial charge in [-0.2, -0.15) is 0 Å². The number of hydrogen-bond donors (Lipinski definition) is 2. The second-order valence-electron chi connectivity index (χ2n) is 3.46. The third-order valence-corrected chi connectivity index (χ3v) is 3.48. The Balaban J connectivity index is 2.54. The van der Waals surface area contributed by atoms with Crippen LogP contribution in [0.1, 0.15) is 16.6 Å². The Hall–Kier alpha value is -1.81. The average Bonchev–Trinajstić information content (AvgIpc) is 2.66. The molecule has 0 aliphatic rings. The van der Waals surface area contributed by atoms with Crippen LogP contribution in [0.15, 0.2) is 30.3 Å². The van der Waals surface area contributed by atoms with E-state index in [2.05, 4.69) is 0 Å². The van der Waals surface area contributed by atoms with Crippen LogP contribution >= 0.6 is 11.3 Å². The second-order valence-corrected chi connectivity index (χ2v) is 4.55. The number of anilines is 1. The van der Waals surface area contributed by atoms with Gasteiger partial charge in [-0.05, 0) is 31.2 Å². The molecule has 1 aromatic heterocycles. The molecule has 0 amide bonds. The average molecular weight is 233 g/mol. The van der Waals surface area contributed by atoms with Gasteiger partial charge in [0, 0.05) is 10.6 Å². The minimum Gasteiger partial charge on any atom is -0.507 e. The van der Waals surface area contributed by atoms with Crippen molar-refractivity contribution in [2.75, 3.05) is 5.73 Å². The van der Waals surface area contributed by atoms with E-state index in [-0.39, 0.29) is 11.5 Å². The highest BCUT2D eigenvalue weighted by atomic mass is 32.1. The Morgan fingerprint density at radius 1 is 1.31 bits per heavy atom. The third kappa shape index (κ3) is 1.79. The number of thiophene rings is 1. The lowest BCUT2D eigenvalue weighted by Crippen LogP contribution is -1.88. The van der Waals surface area contributed by atoms with Crippen LogP contribution in [0.5, 0.6) is 5.75 Å². The van der Waals surface area contributed by atoms with E-state index < -0.39 is 0 Å². The molecule has 0 fully saturated rings. The Kier molecular flexibility index (Phi) is 2.66. The number of rotatable bonds is 2. The standard InChI is InChI=1S/C12H11NO2S/c1-7(14)10-5-6-11(16-10)12-8(13)3-2-4-9(12)15/h2-6,15H,13H2,1H3. The maximum atomic E-state index is 11.2. The van der Waals surface area contributed by atoms with Crippen molar-refractivity contribution in [1.29, 1.82) is 0 Å². The molecule has 0 spiro atoms. The fraction of sp³-hybridized carbons (Fsp3) is 0.0833. The molecule has 0 unspecified atom stereocenters. The van der Waals surface area contributed by atoms with E-state index in [0.29, 0.717) is 16.1 Å². The molecule has 4 heteroatoms. The van der Waals surface area contributed by atoms with Gasteiger partial charge in [0.25, 0.3) is 0 Å². The number of aromatic hydroxyl groups is 1. The van der Waals surface area contributed by atoms with Crippen LogP contribution in [0.25, 0.3) is 10.4 Å². The summed E-state index contributed by atoms with van der Waals surface area (Å²) in [5, 5.41) is 9.73. The third-order valence-electron chi connectivity index (χ3n) is 2.27. The van der Waals surface area contributed by atoms with Crippen molar-refractivity contribution in [1.82, 2.24) is 0 Å². The largest absolute Gasteiger partial charge is 0.507 e. The summed E-state index contributed by atoms with van der Waals surface area (Å²) in [7, 11) is 0. The van der Waals surface area contributed by atoms with Gasteiger partial charge in [-0.1, -0.05) is 6.07 Å². The summed E-state index contributed by atoms with van der Waals surface area (Å²) >= 11 is 1.33. The van der Waals surface area contributed by atoms with Crippen molar-refractivity contribution in [3.8, 4) is 16.2 Å². The summed E-state index contributed by atoms with van der Waals surface area (Å²) in [5.74, 6) is 0.155. The SMILES string of the molecule is CC(=O)c1ccc(-c2c(N)cccc2O)s1. The van der Waals surface area contributed by atoms with Gasteiger partial charge in [-0.3, -0.25) is 4.79 Å². The summed E-state index contributed by atoms with van der Waals surface area (Å²) in [6, 6.07) is 8.54. The summed E-state index contributed by atoms with van der Waals surface area (Å²) in [6.07, 6.45) is 0. The second kappa shape index (κ2) is 3.98. The number of ketones is 1.